The van der Waals surface area contributed by atoms with Gasteiger partial charge in [0.15, 0.2) is 6.10 Å². The maximum atomic E-state index is 12.0. The first-order chi connectivity index (χ1) is 9.85. The summed E-state index contributed by atoms with van der Waals surface area (Å²) < 4.78 is 22.8. The molecule has 6 nitrogen and oxygen atoms in total. The lowest BCUT2D eigenvalue weighted by atomic mass is 10.0. The summed E-state index contributed by atoms with van der Waals surface area (Å²) in [4.78, 5) is 14.2. The molecule has 0 aromatic carbocycles. The fourth-order valence-corrected chi connectivity index (χ4v) is 4.00. The van der Waals surface area contributed by atoms with Crippen molar-refractivity contribution in [2.45, 2.75) is 63.6 Å². The number of ether oxygens (including phenoxy) is 4. The Labute approximate surface area is 125 Å². The van der Waals surface area contributed by atoms with Crippen LogP contribution in [0, 0.1) is 0 Å². The molecule has 0 aromatic rings. The molecule has 0 bridgehead atoms. The SMILES string of the molecule is CCOC(C)C(=O)OCC12COC3(C)CCC(C)(OC1)N23. The molecule has 0 aromatic heterocycles. The van der Waals surface area contributed by atoms with Crippen LogP contribution in [0.2, 0.25) is 0 Å². The van der Waals surface area contributed by atoms with Crippen molar-refractivity contribution >= 4 is 5.97 Å². The molecule has 0 saturated carbocycles. The van der Waals surface area contributed by atoms with Crippen LogP contribution in [0.3, 0.4) is 0 Å². The van der Waals surface area contributed by atoms with Crippen molar-refractivity contribution in [3.05, 3.63) is 0 Å². The highest BCUT2D eigenvalue weighted by atomic mass is 16.6. The quantitative estimate of drug-likeness (QED) is 0.713. The topological polar surface area (TPSA) is 57.2 Å². The van der Waals surface area contributed by atoms with Gasteiger partial charge in [0.1, 0.15) is 23.6 Å². The molecule has 120 valence electrons. The summed E-state index contributed by atoms with van der Waals surface area (Å²) in [5.41, 5.74) is -0.964. The van der Waals surface area contributed by atoms with E-state index in [9.17, 15) is 4.79 Å². The minimum Gasteiger partial charge on any atom is -0.462 e. The van der Waals surface area contributed by atoms with Gasteiger partial charge in [0, 0.05) is 6.61 Å². The molecule has 3 fully saturated rings. The summed E-state index contributed by atoms with van der Waals surface area (Å²) in [6.07, 6.45) is 1.34. The van der Waals surface area contributed by atoms with Crippen molar-refractivity contribution in [2.75, 3.05) is 26.4 Å². The molecule has 3 aliphatic rings. The van der Waals surface area contributed by atoms with Crippen molar-refractivity contribution in [3.63, 3.8) is 0 Å². The molecule has 0 aliphatic carbocycles. The van der Waals surface area contributed by atoms with Crippen LogP contribution < -0.4 is 0 Å². The van der Waals surface area contributed by atoms with Gasteiger partial charge in [-0.05, 0) is 40.5 Å². The molecular weight excluding hydrogens is 274 g/mol. The second-order valence-corrected chi connectivity index (χ2v) is 6.69. The Morgan fingerprint density at radius 2 is 1.81 bits per heavy atom. The molecule has 3 atom stereocenters. The summed E-state index contributed by atoms with van der Waals surface area (Å²) in [5, 5.41) is 0. The first-order valence-corrected chi connectivity index (χ1v) is 7.72. The number of hydrogen-bond donors (Lipinski definition) is 0. The Bertz CT molecular complexity index is 420. The van der Waals surface area contributed by atoms with E-state index in [2.05, 4.69) is 18.7 Å². The van der Waals surface area contributed by atoms with Gasteiger partial charge in [-0.3, -0.25) is 0 Å². The van der Waals surface area contributed by atoms with Crippen LogP contribution in [0.1, 0.15) is 40.5 Å². The lowest BCUT2D eigenvalue weighted by molar-refractivity contribution is -0.160. The van der Waals surface area contributed by atoms with Crippen molar-refractivity contribution in [1.82, 2.24) is 4.90 Å². The fourth-order valence-electron chi connectivity index (χ4n) is 4.00. The third kappa shape index (κ3) is 2.20. The van der Waals surface area contributed by atoms with E-state index in [0.717, 1.165) is 12.8 Å². The standard InChI is InChI=1S/C15H25NO5/c1-5-18-11(2)12(17)19-8-15-9-20-13(3)6-7-14(4,16(13)15)21-10-15/h11H,5-10H2,1-4H3. The smallest absolute Gasteiger partial charge is 0.335 e. The Kier molecular flexibility index (Phi) is 3.56. The lowest BCUT2D eigenvalue weighted by Gasteiger charge is -2.37. The van der Waals surface area contributed by atoms with Gasteiger partial charge in [0.2, 0.25) is 0 Å². The van der Waals surface area contributed by atoms with E-state index < -0.39 is 6.10 Å². The molecule has 3 rings (SSSR count). The number of carbonyl (C=O) groups is 1. The Morgan fingerprint density at radius 3 is 2.33 bits per heavy atom. The van der Waals surface area contributed by atoms with E-state index in [-0.39, 0.29) is 29.6 Å². The molecule has 0 amide bonds. The maximum absolute atomic E-state index is 12.0. The first kappa shape index (κ1) is 15.2. The van der Waals surface area contributed by atoms with Crippen LogP contribution in [-0.2, 0) is 23.7 Å². The van der Waals surface area contributed by atoms with E-state index in [4.69, 9.17) is 18.9 Å². The second kappa shape index (κ2) is 4.91. The average molecular weight is 299 g/mol. The fraction of sp³-hybridized carbons (Fsp3) is 0.933. The predicted octanol–water partition coefficient (Wildman–Crippen LogP) is 1.28. The van der Waals surface area contributed by atoms with E-state index in [1.54, 1.807) is 6.92 Å². The van der Waals surface area contributed by atoms with Crippen molar-refractivity contribution in [3.8, 4) is 0 Å². The highest BCUT2D eigenvalue weighted by Gasteiger charge is 2.69. The van der Waals surface area contributed by atoms with Crippen LogP contribution in [0.5, 0.6) is 0 Å². The largest absolute Gasteiger partial charge is 0.462 e. The molecule has 3 heterocycles. The van der Waals surface area contributed by atoms with E-state index in [1.807, 2.05) is 6.92 Å². The zero-order valence-electron chi connectivity index (χ0n) is 13.3. The minimum absolute atomic E-state index is 0.286. The Morgan fingerprint density at radius 1 is 1.24 bits per heavy atom. The molecule has 3 aliphatic heterocycles. The predicted molar refractivity (Wildman–Crippen MR) is 74.6 cm³/mol. The molecular formula is C15H25NO5. The third-order valence-corrected chi connectivity index (χ3v) is 5.01. The second-order valence-electron chi connectivity index (χ2n) is 6.69. The average Bonchev–Trinajstić information content (AvgIpc) is 3.02. The number of hydrogen-bond acceptors (Lipinski definition) is 6. The van der Waals surface area contributed by atoms with Gasteiger partial charge in [0.05, 0.1) is 13.2 Å². The van der Waals surface area contributed by atoms with Crippen LogP contribution in [-0.4, -0.2) is 60.4 Å². The van der Waals surface area contributed by atoms with Crippen molar-refractivity contribution < 1.29 is 23.7 Å². The lowest BCUT2D eigenvalue weighted by Crippen LogP contribution is -2.56. The van der Waals surface area contributed by atoms with Crippen LogP contribution >= 0.6 is 0 Å². The van der Waals surface area contributed by atoms with Gasteiger partial charge in [0.25, 0.3) is 0 Å². The molecule has 0 spiro atoms. The normalized spacial score (nSPS) is 43.0. The van der Waals surface area contributed by atoms with Gasteiger partial charge < -0.3 is 18.9 Å². The van der Waals surface area contributed by atoms with E-state index in [0.29, 0.717) is 19.8 Å². The molecule has 21 heavy (non-hydrogen) atoms. The zero-order chi connectivity index (χ0) is 15.3. The minimum atomic E-state index is -0.535. The number of carbonyl (C=O) groups excluding carboxylic acids is 1. The molecule has 0 radical (unpaired) electrons. The number of nitrogens with zero attached hydrogens (tertiary/aromatic N) is 1. The molecule has 0 N–H and O–H groups in total. The van der Waals surface area contributed by atoms with Gasteiger partial charge in [-0.25, -0.2) is 9.69 Å². The highest BCUT2D eigenvalue weighted by Crippen LogP contribution is 2.55. The van der Waals surface area contributed by atoms with Crippen LogP contribution in [0.15, 0.2) is 0 Å². The van der Waals surface area contributed by atoms with Crippen molar-refractivity contribution in [1.29, 1.82) is 0 Å². The molecule has 6 heteroatoms. The third-order valence-electron chi connectivity index (χ3n) is 5.01. The monoisotopic (exact) mass is 299 g/mol. The van der Waals surface area contributed by atoms with Gasteiger partial charge in [-0.1, -0.05) is 0 Å². The van der Waals surface area contributed by atoms with Crippen LogP contribution in [0.4, 0.5) is 0 Å². The zero-order valence-corrected chi connectivity index (χ0v) is 13.3. The highest BCUT2D eigenvalue weighted by molar-refractivity contribution is 5.74. The summed E-state index contributed by atoms with van der Waals surface area (Å²) in [6, 6.07) is 0. The van der Waals surface area contributed by atoms with Gasteiger partial charge >= 0.3 is 5.97 Å². The number of rotatable bonds is 5. The van der Waals surface area contributed by atoms with E-state index >= 15 is 0 Å². The van der Waals surface area contributed by atoms with Crippen molar-refractivity contribution in [2.24, 2.45) is 0 Å². The summed E-state index contributed by atoms with van der Waals surface area (Å²) in [5.74, 6) is -0.326. The molecule has 3 saturated heterocycles. The van der Waals surface area contributed by atoms with E-state index in [1.165, 1.54) is 0 Å². The first-order valence-electron chi connectivity index (χ1n) is 7.72. The molecule has 3 unspecified atom stereocenters. The number of esters is 1. The summed E-state index contributed by atoms with van der Waals surface area (Å²) >= 11 is 0. The summed E-state index contributed by atoms with van der Waals surface area (Å²) in [6.45, 7) is 9.62. The van der Waals surface area contributed by atoms with Gasteiger partial charge in [-0.2, -0.15) is 0 Å². The van der Waals surface area contributed by atoms with Crippen LogP contribution in [0.25, 0.3) is 0 Å². The maximum Gasteiger partial charge on any atom is 0.335 e. The Hall–Kier alpha value is -0.690. The summed E-state index contributed by atoms with van der Waals surface area (Å²) in [7, 11) is 0. The Balaban J connectivity index is 1.70. The van der Waals surface area contributed by atoms with Gasteiger partial charge in [-0.15, -0.1) is 0 Å².